The fourth-order valence-corrected chi connectivity index (χ4v) is 17.4. The number of piperidine rings is 2. The number of hydrogen-bond acceptors (Lipinski definition) is 14. The van der Waals surface area contributed by atoms with E-state index in [1.807, 2.05) is 34.6 Å². The topological polar surface area (TPSA) is 261 Å². The highest BCUT2D eigenvalue weighted by Gasteiger charge is 2.70. The Kier molecular flexibility index (Phi) is 28.6. The van der Waals surface area contributed by atoms with Crippen molar-refractivity contribution in [3.05, 3.63) is 17.5 Å². The molecule has 0 bridgehead atoms. The van der Waals surface area contributed by atoms with Crippen molar-refractivity contribution >= 4 is 80.1 Å². The monoisotopic (exact) mass is 1270 g/mol. The molecule has 6 aliphatic rings. The van der Waals surface area contributed by atoms with Crippen molar-refractivity contribution in [3.8, 4) is 0 Å². The largest absolute Gasteiger partial charge is 0.483 e. The summed E-state index contributed by atoms with van der Waals surface area (Å²) in [5.74, 6) is -3.51. The quantitative estimate of drug-likeness (QED) is 0.102. The lowest BCUT2D eigenvalue weighted by molar-refractivity contribution is -0.145. The van der Waals surface area contributed by atoms with E-state index in [4.69, 9.17) is 15.6 Å². The maximum atomic E-state index is 14.6. The highest BCUT2D eigenvalue weighted by molar-refractivity contribution is 7.91. The van der Waals surface area contributed by atoms with Crippen LogP contribution in [0.2, 0.25) is 0 Å². The summed E-state index contributed by atoms with van der Waals surface area (Å²) in [7, 11) is -2.14. The molecule has 2 saturated carbocycles. The Morgan fingerprint density at radius 3 is 1.51 bits per heavy atom. The van der Waals surface area contributed by atoms with Gasteiger partial charge < -0.3 is 20.6 Å². The minimum absolute atomic E-state index is 0.00293. The predicted octanol–water partition coefficient (Wildman–Crippen LogP) is 11.8. The van der Waals surface area contributed by atoms with Gasteiger partial charge in [0.15, 0.2) is 23.1 Å². The Morgan fingerprint density at radius 2 is 1.10 bits per heavy atom. The van der Waals surface area contributed by atoms with Crippen LogP contribution in [-0.2, 0) is 58.0 Å². The van der Waals surface area contributed by atoms with Gasteiger partial charge in [0.2, 0.25) is 23.4 Å². The second-order valence-electron chi connectivity index (χ2n) is 29.0. The van der Waals surface area contributed by atoms with Crippen molar-refractivity contribution in [3.63, 3.8) is 0 Å². The Labute approximate surface area is 531 Å². The van der Waals surface area contributed by atoms with Gasteiger partial charge in [0.1, 0.15) is 9.99 Å². The molecule has 496 valence electrons. The van der Waals surface area contributed by atoms with E-state index in [1.165, 1.54) is 15.6 Å². The van der Waals surface area contributed by atoms with E-state index in [0.717, 1.165) is 103 Å². The zero-order valence-corrected chi connectivity index (χ0v) is 56.8. The zero-order chi connectivity index (χ0) is 65.3. The summed E-state index contributed by atoms with van der Waals surface area (Å²) in [6, 6.07) is 1.57. The summed E-state index contributed by atoms with van der Waals surface area (Å²) in [4.78, 5) is 133. The van der Waals surface area contributed by atoms with Crippen LogP contribution in [0.25, 0.3) is 0 Å². The summed E-state index contributed by atoms with van der Waals surface area (Å²) < 4.78 is 28.1. The third kappa shape index (κ3) is 19.6. The van der Waals surface area contributed by atoms with Crippen LogP contribution in [0.1, 0.15) is 242 Å². The lowest BCUT2D eigenvalue weighted by atomic mass is 9.76. The second-order valence-corrected chi connectivity index (χ2v) is 32.3. The Balaban J connectivity index is 0.000000335. The number of sulfonamides is 1. The highest BCUT2D eigenvalue weighted by atomic mass is 32.2. The predicted molar refractivity (Wildman–Crippen MR) is 342 cm³/mol. The molecule has 88 heavy (non-hydrogen) atoms. The molecule has 0 spiro atoms. The van der Waals surface area contributed by atoms with Crippen LogP contribution in [0.4, 0.5) is 0 Å². The summed E-state index contributed by atoms with van der Waals surface area (Å²) in [6.07, 6.45) is 19.9. The van der Waals surface area contributed by atoms with Crippen molar-refractivity contribution < 1.29 is 61.5 Å². The fourth-order valence-electron chi connectivity index (χ4n) is 15.0. The third-order valence-electron chi connectivity index (χ3n) is 21.0. The van der Waals surface area contributed by atoms with Gasteiger partial charge in [0.05, 0.1) is 18.1 Å². The van der Waals surface area contributed by atoms with Gasteiger partial charge in [-0.3, -0.25) is 47.9 Å². The number of carbonyl (C=O) groups is 10. The Bertz CT molecular complexity index is 2660. The number of nitrogens with zero attached hydrogens (tertiary/aromatic N) is 3. The Hall–Kier alpha value is -4.33. The summed E-state index contributed by atoms with van der Waals surface area (Å²) in [5, 5.41) is 8.62. The number of unbranched alkanes of at least 4 members (excludes halogenated alkanes) is 2. The molecule has 6 fully saturated rings. The molecule has 11 atom stereocenters. The molecular weight excluding hydrogens is 1160 g/mol. The van der Waals surface area contributed by atoms with Crippen LogP contribution in [-0.4, -0.2) is 131 Å². The van der Waals surface area contributed by atoms with Crippen LogP contribution in [0.3, 0.4) is 0 Å². The maximum Gasteiger partial charge on any atom is 0.290 e. The number of hydrogen-bond donors (Lipinski definition) is 2. The van der Waals surface area contributed by atoms with Gasteiger partial charge in [-0.2, -0.15) is 4.31 Å². The van der Waals surface area contributed by atoms with Gasteiger partial charge >= 0.3 is 0 Å². The van der Waals surface area contributed by atoms with E-state index < -0.39 is 51.7 Å². The lowest BCUT2D eigenvalue weighted by Crippen LogP contribution is -2.52. The molecule has 4 aliphatic heterocycles. The van der Waals surface area contributed by atoms with Gasteiger partial charge in [0.25, 0.3) is 16.5 Å². The van der Waals surface area contributed by atoms with Crippen LogP contribution in [0.5, 0.6) is 0 Å². The zero-order valence-electron chi connectivity index (χ0n) is 55.2. The second kappa shape index (κ2) is 33.8. The number of Topliss-reactive ketones (excluding diaryl/α,β-unsaturated/α-hetero) is 7. The molecule has 5 heterocycles. The lowest BCUT2D eigenvalue weighted by Gasteiger charge is -2.35. The summed E-state index contributed by atoms with van der Waals surface area (Å²) >= 11 is 1.17. The number of carbonyl (C=O) groups excluding carboxylic acids is 9. The van der Waals surface area contributed by atoms with Crippen LogP contribution >= 0.6 is 11.3 Å². The first-order chi connectivity index (χ1) is 41.5. The third-order valence-corrected chi connectivity index (χ3v) is 24.2. The van der Waals surface area contributed by atoms with Crippen molar-refractivity contribution in [2.45, 2.75) is 264 Å². The van der Waals surface area contributed by atoms with E-state index in [-0.39, 0.29) is 142 Å². The molecular formula is C69H110N4O13S2. The van der Waals surface area contributed by atoms with E-state index in [0.29, 0.717) is 57.5 Å². The number of rotatable bonds is 18. The molecule has 3 N–H and O–H groups in total. The van der Waals surface area contributed by atoms with Crippen molar-refractivity contribution in [1.29, 1.82) is 0 Å². The average Bonchev–Trinajstić information content (AvgIpc) is 1.79. The molecule has 0 unspecified atom stereocenters. The van der Waals surface area contributed by atoms with Crippen LogP contribution < -0.4 is 5.73 Å². The highest BCUT2D eigenvalue weighted by Crippen LogP contribution is 2.66. The first-order valence-corrected chi connectivity index (χ1v) is 36.0. The number of ketones is 7. The normalized spacial score (nSPS) is 28.5. The fraction of sp³-hybridized carbons (Fsp3) is 0.797. The molecule has 0 radical (unpaired) electrons. The van der Waals surface area contributed by atoms with Gasteiger partial charge in [0, 0.05) is 83.0 Å². The first-order valence-electron chi connectivity index (χ1n) is 33.7. The van der Waals surface area contributed by atoms with Crippen molar-refractivity contribution in [2.75, 3.05) is 26.7 Å². The van der Waals surface area contributed by atoms with E-state index in [2.05, 4.69) is 27.7 Å². The molecule has 1 aromatic heterocycles. The molecule has 7 rings (SSSR count). The van der Waals surface area contributed by atoms with Gasteiger partial charge in [-0.25, -0.2) is 8.42 Å². The van der Waals surface area contributed by atoms with Gasteiger partial charge in [-0.1, -0.05) is 171 Å². The SMILES string of the molecule is CCCCC(=O)C(=O)[C@@H]1CCCCCCCCC[C@H](CC(=O)C[C@H](CN(C)S(=O)(=O)c2cccs2)C(C)(C)C)C(=O)N2C[C@H]3[C@@H]([C@H]2C(=O)C1)C3(C)C.CCCCC(=O)C(=O)[C@@H]1CCCCCCCCC[C@H](N)C(=O)N2C[C@H]3[C@@H]([C@H]2C(=O)C1)C3(C)C.O=CO. The smallest absolute Gasteiger partial charge is 0.290 e. The standard InChI is InChI=1S/C41H64N2O7S2.C27H44N2O4.CH2O2/c1-8-9-20-33(45)38(47)28-18-15-13-11-10-12-14-16-19-29(39(48)43-27-32-36(41(32,5)6)37(43)34(46)24-28)23-31(44)25-30(40(2,3)4)26-42(7)52(49,50)35-21-17-22-51-35;1-4-5-15-21(30)25(32)18-13-11-9-7-6-8-10-12-14-20(28)26(33)29-17-19-23(27(19,2)3)24(29)22(31)16-18;2-1-3/h17,21-22,28-30,32,36-37H,8-16,18-20,23-27H2,1-7H3;18-20,23-24H,4-17,28H2,1-3H3;1H,(H,2,3)/t28-,29-,30-,32+,36+,37-;18-,19+,20+,23+,24-;/m11./s1. The Morgan fingerprint density at radius 1 is 0.693 bits per heavy atom. The number of nitrogens with two attached hydrogens (primary N) is 1. The number of carboxylic acid groups (broad SMARTS) is 1. The molecule has 0 aromatic carbocycles. The van der Waals surface area contributed by atoms with E-state index in [1.54, 1.807) is 34.4 Å². The van der Waals surface area contributed by atoms with E-state index in [9.17, 15) is 51.6 Å². The maximum absolute atomic E-state index is 14.6. The molecule has 4 saturated heterocycles. The van der Waals surface area contributed by atoms with Gasteiger partial charge in [-0.05, 0) is 95.8 Å². The van der Waals surface area contributed by atoms with Crippen LogP contribution in [0.15, 0.2) is 21.7 Å². The molecule has 17 nitrogen and oxygen atoms in total. The van der Waals surface area contributed by atoms with Gasteiger partial charge in [-0.15, -0.1) is 11.3 Å². The van der Waals surface area contributed by atoms with Crippen LogP contribution in [0, 0.1) is 63.6 Å². The van der Waals surface area contributed by atoms with Crippen molar-refractivity contribution in [1.82, 2.24) is 14.1 Å². The first kappa shape index (κ1) is 74.4. The molecule has 2 amide bonds. The summed E-state index contributed by atoms with van der Waals surface area (Å²) in [5.41, 5.74) is 5.83. The minimum atomic E-state index is -3.69. The number of fused-ring (bicyclic) bond motifs is 6. The summed E-state index contributed by atoms with van der Waals surface area (Å²) in [6.45, 7) is 19.6. The number of thiophene rings is 1. The average molecular weight is 1270 g/mol. The minimum Gasteiger partial charge on any atom is -0.483 e. The molecule has 19 heteroatoms. The number of amides is 2. The molecule has 2 aliphatic carbocycles. The molecule has 1 aromatic rings. The van der Waals surface area contributed by atoms with E-state index >= 15 is 0 Å². The van der Waals surface area contributed by atoms with Crippen molar-refractivity contribution in [2.24, 2.45) is 69.3 Å².